The number of rotatable bonds is 5. The van der Waals surface area contributed by atoms with Gasteiger partial charge in [-0.15, -0.1) is 0 Å². The average molecular weight is 323 g/mol. The van der Waals surface area contributed by atoms with Gasteiger partial charge in [-0.25, -0.2) is 14.6 Å². The normalized spacial score (nSPS) is 10.5. The van der Waals surface area contributed by atoms with Crippen LogP contribution in [0.1, 0.15) is 13.3 Å². The van der Waals surface area contributed by atoms with Gasteiger partial charge in [0, 0.05) is 10.7 Å². The van der Waals surface area contributed by atoms with Crippen LogP contribution >= 0.6 is 11.6 Å². The first-order valence-electron chi connectivity index (χ1n) is 6.32. The molecule has 7 nitrogen and oxygen atoms in total. The molecule has 0 radical (unpaired) electrons. The largest absolute Gasteiger partial charge is 0.464 e. The zero-order chi connectivity index (χ0) is 16.5. The van der Waals surface area contributed by atoms with Crippen LogP contribution in [0.3, 0.4) is 0 Å². The number of nitriles is 1. The minimum Gasteiger partial charge on any atom is -0.464 e. The lowest BCUT2D eigenvalue weighted by atomic mass is 10.3. The summed E-state index contributed by atoms with van der Waals surface area (Å²) >= 11 is 5.77. The molecule has 0 heterocycles. The maximum Gasteiger partial charge on any atom is 0.353 e. The number of methoxy groups -OCH3 is 1. The Kier molecular flexibility index (Phi) is 6.86. The molecule has 0 bridgehead atoms. The Hall–Kier alpha value is -2.59. The van der Waals surface area contributed by atoms with Gasteiger partial charge in [0.25, 0.3) is 0 Å². The summed E-state index contributed by atoms with van der Waals surface area (Å²) in [5.74, 6) is -0.652. The summed E-state index contributed by atoms with van der Waals surface area (Å²) in [5.41, 5.74) is 0.522. The van der Waals surface area contributed by atoms with Gasteiger partial charge in [-0.2, -0.15) is 10.4 Å². The number of ether oxygens (including phenoxy) is 1. The molecule has 0 unspecified atom stereocenters. The van der Waals surface area contributed by atoms with Crippen molar-refractivity contribution in [1.29, 1.82) is 5.26 Å². The molecule has 1 aromatic carbocycles. The third kappa shape index (κ3) is 5.42. The van der Waals surface area contributed by atoms with Crippen LogP contribution in [0.4, 0.5) is 10.5 Å². The summed E-state index contributed by atoms with van der Waals surface area (Å²) in [7, 11) is 1.22. The van der Waals surface area contributed by atoms with Gasteiger partial charge in [-0.05, 0) is 31.2 Å². The van der Waals surface area contributed by atoms with Gasteiger partial charge in [-0.3, -0.25) is 0 Å². The molecule has 0 saturated heterocycles. The lowest BCUT2D eigenvalue weighted by molar-refractivity contribution is -0.132. The number of nitrogens with one attached hydrogen (secondary N) is 1. The number of hydrogen-bond donors (Lipinski definition) is 1. The summed E-state index contributed by atoms with van der Waals surface area (Å²) in [6, 6.07) is 7.85. The second-order valence-corrected chi connectivity index (χ2v) is 4.58. The van der Waals surface area contributed by atoms with Crippen molar-refractivity contribution in [2.24, 2.45) is 5.10 Å². The fourth-order valence-electron chi connectivity index (χ4n) is 1.44. The number of esters is 1. The quantitative estimate of drug-likeness (QED) is 0.512. The molecule has 0 aliphatic carbocycles. The van der Waals surface area contributed by atoms with Gasteiger partial charge in [0.05, 0.1) is 26.1 Å². The van der Waals surface area contributed by atoms with E-state index in [1.165, 1.54) is 14.0 Å². The van der Waals surface area contributed by atoms with E-state index in [4.69, 9.17) is 16.9 Å². The topological polar surface area (TPSA) is 94.8 Å². The Labute approximate surface area is 133 Å². The minimum absolute atomic E-state index is 0.00620. The highest BCUT2D eigenvalue weighted by Gasteiger charge is 2.15. The van der Waals surface area contributed by atoms with Crippen molar-refractivity contribution in [3.8, 4) is 6.07 Å². The number of hydrogen-bond acceptors (Lipinski definition) is 5. The second-order valence-electron chi connectivity index (χ2n) is 4.15. The monoisotopic (exact) mass is 322 g/mol. The Morgan fingerprint density at radius 2 is 2.05 bits per heavy atom. The third-order valence-corrected chi connectivity index (χ3v) is 2.77. The van der Waals surface area contributed by atoms with Crippen LogP contribution in [0.25, 0.3) is 0 Å². The molecule has 2 amide bonds. The summed E-state index contributed by atoms with van der Waals surface area (Å²) in [6.45, 7) is 1.46. The van der Waals surface area contributed by atoms with Crippen molar-refractivity contribution in [2.45, 2.75) is 13.3 Å². The maximum absolute atomic E-state index is 12.2. The lowest BCUT2D eigenvalue weighted by Crippen LogP contribution is -2.33. The maximum atomic E-state index is 12.2. The Bertz CT molecular complexity index is 608. The van der Waals surface area contributed by atoms with Gasteiger partial charge in [0.1, 0.15) is 5.71 Å². The van der Waals surface area contributed by atoms with Crippen molar-refractivity contribution in [3.05, 3.63) is 29.3 Å². The first kappa shape index (κ1) is 17.5. The third-order valence-electron chi connectivity index (χ3n) is 2.52. The molecular weight excluding hydrogens is 308 g/mol. The van der Waals surface area contributed by atoms with Gasteiger partial charge in [0.2, 0.25) is 0 Å². The summed E-state index contributed by atoms with van der Waals surface area (Å²) < 4.78 is 4.52. The molecule has 0 aliphatic rings. The highest BCUT2D eigenvalue weighted by atomic mass is 35.5. The fraction of sp³-hybridized carbons (Fsp3) is 0.286. The minimum atomic E-state index is -0.652. The molecule has 0 aliphatic heterocycles. The zero-order valence-corrected chi connectivity index (χ0v) is 12.9. The Morgan fingerprint density at radius 3 is 2.59 bits per heavy atom. The van der Waals surface area contributed by atoms with Gasteiger partial charge < -0.3 is 10.1 Å². The first-order chi connectivity index (χ1) is 10.5. The number of carbonyl (C=O) groups excluding carboxylic acids is 2. The molecule has 1 aromatic rings. The number of anilines is 1. The number of benzene rings is 1. The van der Waals surface area contributed by atoms with Crippen LogP contribution in [-0.2, 0) is 9.53 Å². The molecule has 1 N–H and O–H groups in total. The molecule has 0 spiro atoms. The van der Waals surface area contributed by atoms with Crippen LogP contribution in [-0.4, -0.2) is 36.4 Å². The SMILES string of the molecule is COC(=O)/C(C)=N/N(CCC#N)C(=O)Nc1ccc(Cl)cc1. The fourth-order valence-corrected chi connectivity index (χ4v) is 1.57. The van der Waals surface area contributed by atoms with E-state index in [-0.39, 0.29) is 18.7 Å². The van der Waals surface area contributed by atoms with Crippen molar-refractivity contribution in [3.63, 3.8) is 0 Å². The van der Waals surface area contributed by atoms with E-state index in [0.717, 1.165) is 5.01 Å². The molecule has 0 atom stereocenters. The van der Waals surface area contributed by atoms with Crippen molar-refractivity contribution in [2.75, 3.05) is 19.0 Å². The van der Waals surface area contributed by atoms with Gasteiger partial charge in [-0.1, -0.05) is 11.6 Å². The summed E-state index contributed by atoms with van der Waals surface area (Å²) in [6.07, 6.45) is 0.0754. The van der Waals surface area contributed by atoms with Crippen LogP contribution in [0.2, 0.25) is 5.02 Å². The molecule has 8 heteroatoms. The van der Waals surface area contributed by atoms with Gasteiger partial charge >= 0.3 is 12.0 Å². The van der Waals surface area contributed by atoms with Crippen LogP contribution in [0, 0.1) is 11.3 Å². The standard InChI is InChI=1S/C14H15ClN4O3/c1-10(13(20)22-2)18-19(9-3-8-16)14(21)17-12-6-4-11(15)5-7-12/h4-7H,3,9H2,1-2H3,(H,17,21)/b18-10+. The van der Waals surface area contributed by atoms with E-state index in [9.17, 15) is 9.59 Å². The van der Waals surface area contributed by atoms with Crippen molar-refractivity contribution >= 4 is 35.0 Å². The number of amides is 2. The molecule has 0 aromatic heterocycles. The number of halogens is 1. The summed E-state index contributed by atoms with van der Waals surface area (Å²) in [5, 5.41) is 16.7. The molecule has 1 rings (SSSR count). The summed E-state index contributed by atoms with van der Waals surface area (Å²) in [4.78, 5) is 23.5. The number of nitrogens with zero attached hydrogens (tertiary/aromatic N) is 3. The van der Waals surface area contributed by atoms with Gasteiger partial charge in [0.15, 0.2) is 0 Å². The predicted molar refractivity (Wildman–Crippen MR) is 82.5 cm³/mol. The first-order valence-corrected chi connectivity index (χ1v) is 6.70. The van der Waals surface area contributed by atoms with Crippen molar-refractivity contribution in [1.82, 2.24) is 5.01 Å². The molecular formula is C14H15ClN4O3. The van der Waals surface area contributed by atoms with E-state index in [1.807, 2.05) is 6.07 Å². The number of carbonyl (C=O) groups is 2. The zero-order valence-electron chi connectivity index (χ0n) is 12.2. The average Bonchev–Trinajstić information content (AvgIpc) is 2.52. The van der Waals surface area contributed by atoms with Crippen LogP contribution in [0.15, 0.2) is 29.4 Å². The van der Waals surface area contributed by atoms with Crippen LogP contribution in [0.5, 0.6) is 0 Å². The second kappa shape index (κ2) is 8.64. The lowest BCUT2D eigenvalue weighted by Gasteiger charge is -2.17. The van der Waals surface area contributed by atoms with Crippen molar-refractivity contribution < 1.29 is 14.3 Å². The Balaban J connectivity index is 2.86. The molecule has 116 valence electrons. The number of hydrazone groups is 1. The smallest absolute Gasteiger partial charge is 0.353 e. The van der Waals surface area contributed by atoms with E-state index < -0.39 is 12.0 Å². The molecule has 0 saturated carbocycles. The van der Waals surface area contributed by atoms with E-state index >= 15 is 0 Å². The highest BCUT2D eigenvalue weighted by molar-refractivity contribution is 6.35. The van der Waals surface area contributed by atoms with Crippen LogP contribution < -0.4 is 5.32 Å². The predicted octanol–water partition coefficient (Wildman–Crippen LogP) is 2.64. The Morgan fingerprint density at radius 1 is 1.41 bits per heavy atom. The number of urea groups is 1. The van der Waals surface area contributed by atoms with E-state index in [1.54, 1.807) is 24.3 Å². The molecule has 0 fully saturated rings. The van der Waals surface area contributed by atoms with E-state index in [0.29, 0.717) is 10.7 Å². The molecule has 22 heavy (non-hydrogen) atoms. The highest BCUT2D eigenvalue weighted by Crippen LogP contribution is 2.14. The van der Waals surface area contributed by atoms with E-state index in [2.05, 4.69) is 15.2 Å².